The predicted molar refractivity (Wildman–Crippen MR) is 95.5 cm³/mol. The van der Waals surface area contributed by atoms with E-state index in [9.17, 15) is 23.3 Å². The van der Waals surface area contributed by atoms with E-state index in [4.69, 9.17) is 5.73 Å². The standard InChI is InChI=1S/C17H17N3O5S/c1-26(24,25)13-6-7-14(15(9-13)20(22)23)19-10-12-5-3-2-4-11(12)8-16(19)17(18)21/h2-7,9,16H,8,10H2,1H3,(H2,18,21)/t16-/m1/s1. The quantitative estimate of drug-likeness (QED) is 0.636. The molecule has 8 nitrogen and oxygen atoms in total. The molecule has 1 atom stereocenters. The molecule has 26 heavy (non-hydrogen) atoms. The van der Waals surface area contributed by atoms with Crippen molar-refractivity contribution in [2.75, 3.05) is 11.2 Å². The number of hydrogen-bond acceptors (Lipinski definition) is 6. The van der Waals surface area contributed by atoms with Crippen LogP contribution in [0, 0.1) is 10.1 Å². The van der Waals surface area contributed by atoms with Gasteiger partial charge in [0.25, 0.3) is 5.69 Å². The Kier molecular flexibility index (Phi) is 4.41. The highest BCUT2D eigenvalue weighted by molar-refractivity contribution is 7.90. The van der Waals surface area contributed by atoms with Crippen LogP contribution in [0.1, 0.15) is 11.1 Å². The number of anilines is 1. The number of carbonyl (C=O) groups excluding carboxylic acids is 1. The summed E-state index contributed by atoms with van der Waals surface area (Å²) in [6.07, 6.45) is 1.31. The number of nitrogens with zero attached hydrogens (tertiary/aromatic N) is 2. The second kappa shape index (κ2) is 6.41. The van der Waals surface area contributed by atoms with Gasteiger partial charge in [-0.3, -0.25) is 14.9 Å². The zero-order valence-electron chi connectivity index (χ0n) is 14.0. The van der Waals surface area contributed by atoms with Gasteiger partial charge < -0.3 is 10.6 Å². The van der Waals surface area contributed by atoms with Gasteiger partial charge in [-0.05, 0) is 23.3 Å². The van der Waals surface area contributed by atoms with E-state index in [0.717, 1.165) is 23.4 Å². The molecular weight excluding hydrogens is 358 g/mol. The molecule has 9 heteroatoms. The molecule has 1 aliphatic rings. The summed E-state index contributed by atoms with van der Waals surface area (Å²) in [5.74, 6) is -0.596. The summed E-state index contributed by atoms with van der Waals surface area (Å²) in [4.78, 5) is 24.3. The van der Waals surface area contributed by atoms with Gasteiger partial charge in [0.05, 0.1) is 9.82 Å². The van der Waals surface area contributed by atoms with Gasteiger partial charge >= 0.3 is 0 Å². The molecule has 2 aromatic rings. The van der Waals surface area contributed by atoms with Crippen LogP contribution in [0.25, 0.3) is 0 Å². The number of primary amides is 1. The van der Waals surface area contributed by atoms with Crippen molar-refractivity contribution in [2.24, 2.45) is 5.73 Å². The largest absolute Gasteiger partial charge is 0.368 e. The van der Waals surface area contributed by atoms with E-state index in [1.807, 2.05) is 24.3 Å². The fraction of sp³-hybridized carbons (Fsp3) is 0.235. The van der Waals surface area contributed by atoms with E-state index in [0.29, 0.717) is 6.42 Å². The number of amides is 1. The molecule has 0 radical (unpaired) electrons. The van der Waals surface area contributed by atoms with Crippen molar-refractivity contribution in [3.63, 3.8) is 0 Å². The fourth-order valence-electron chi connectivity index (χ4n) is 3.15. The van der Waals surface area contributed by atoms with Gasteiger partial charge in [-0.2, -0.15) is 0 Å². The SMILES string of the molecule is CS(=O)(=O)c1ccc(N2Cc3ccccc3C[C@@H]2C(N)=O)c([N+](=O)[O-])c1. The molecule has 0 saturated carbocycles. The van der Waals surface area contributed by atoms with Crippen LogP contribution < -0.4 is 10.6 Å². The third kappa shape index (κ3) is 3.25. The lowest BCUT2D eigenvalue weighted by Crippen LogP contribution is -2.49. The summed E-state index contributed by atoms with van der Waals surface area (Å²) < 4.78 is 23.4. The first-order chi connectivity index (χ1) is 12.2. The van der Waals surface area contributed by atoms with Crippen LogP contribution in [-0.4, -0.2) is 31.5 Å². The minimum atomic E-state index is -3.60. The Bertz CT molecular complexity index is 1000. The van der Waals surface area contributed by atoms with Gasteiger partial charge in [-0.1, -0.05) is 24.3 Å². The van der Waals surface area contributed by atoms with Crippen molar-refractivity contribution < 1.29 is 18.1 Å². The van der Waals surface area contributed by atoms with Crippen LogP contribution in [0.2, 0.25) is 0 Å². The number of nitro groups is 1. The summed E-state index contributed by atoms with van der Waals surface area (Å²) in [6, 6.07) is 10.4. The van der Waals surface area contributed by atoms with Gasteiger partial charge in [-0.15, -0.1) is 0 Å². The highest BCUT2D eigenvalue weighted by Gasteiger charge is 2.34. The Labute approximate surface area is 150 Å². The zero-order chi connectivity index (χ0) is 19.1. The van der Waals surface area contributed by atoms with E-state index in [1.165, 1.54) is 12.1 Å². The molecular formula is C17H17N3O5S. The first-order valence-corrected chi connectivity index (χ1v) is 9.69. The van der Waals surface area contributed by atoms with E-state index in [2.05, 4.69) is 0 Å². The maximum atomic E-state index is 12.0. The molecule has 0 aliphatic carbocycles. The molecule has 0 saturated heterocycles. The summed E-state index contributed by atoms with van der Waals surface area (Å²) in [5, 5.41) is 11.5. The van der Waals surface area contributed by atoms with Crippen molar-refractivity contribution in [2.45, 2.75) is 23.9 Å². The molecule has 1 amide bonds. The predicted octanol–water partition coefficient (Wildman–Crippen LogP) is 1.41. The number of nitro benzene ring substituents is 1. The molecule has 0 unspecified atom stereocenters. The van der Waals surface area contributed by atoms with Crippen LogP contribution in [0.15, 0.2) is 47.4 Å². The van der Waals surface area contributed by atoms with Crippen molar-refractivity contribution in [3.05, 3.63) is 63.7 Å². The van der Waals surface area contributed by atoms with E-state index in [-0.39, 0.29) is 22.8 Å². The highest BCUT2D eigenvalue weighted by Crippen LogP contribution is 2.36. The molecule has 2 aromatic carbocycles. The monoisotopic (exact) mass is 375 g/mol. The maximum Gasteiger partial charge on any atom is 0.293 e. The van der Waals surface area contributed by atoms with Gasteiger partial charge in [-0.25, -0.2) is 8.42 Å². The van der Waals surface area contributed by atoms with Crippen molar-refractivity contribution in [3.8, 4) is 0 Å². The first-order valence-electron chi connectivity index (χ1n) is 7.79. The fourth-order valence-corrected chi connectivity index (χ4v) is 3.79. The van der Waals surface area contributed by atoms with Crippen LogP contribution in [-0.2, 0) is 27.6 Å². The third-order valence-electron chi connectivity index (χ3n) is 4.46. The minimum absolute atomic E-state index is 0.152. The first kappa shape index (κ1) is 17.9. The van der Waals surface area contributed by atoms with Gasteiger partial charge in [0.2, 0.25) is 5.91 Å². The highest BCUT2D eigenvalue weighted by atomic mass is 32.2. The topological polar surface area (TPSA) is 124 Å². The number of fused-ring (bicyclic) bond motifs is 1. The smallest absolute Gasteiger partial charge is 0.293 e. The lowest BCUT2D eigenvalue weighted by molar-refractivity contribution is -0.384. The van der Waals surface area contributed by atoms with Crippen LogP contribution in [0.5, 0.6) is 0 Å². The van der Waals surface area contributed by atoms with Crippen molar-refractivity contribution in [1.29, 1.82) is 0 Å². The molecule has 1 aliphatic heterocycles. The van der Waals surface area contributed by atoms with E-state index >= 15 is 0 Å². The lowest BCUT2D eigenvalue weighted by Gasteiger charge is -2.36. The second-order valence-corrected chi connectivity index (χ2v) is 8.21. The molecule has 0 spiro atoms. The molecule has 2 N–H and O–H groups in total. The van der Waals surface area contributed by atoms with E-state index in [1.54, 1.807) is 4.90 Å². The van der Waals surface area contributed by atoms with Gasteiger partial charge in [0.15, 0.2) is 9.84 Å². The molecule has 0 aromatic heterocycles. The summed E-state index contributed by atoms with van der Waals surface area (Å²) in [6.45, 7) is 0.267. The molecule has 136 valence electrons. The number of sulfone groups is 1. The Morgan fingerprint density at radius 1 is 1.23 bits per heavy atom. The maximum absolute atomic E-state index is 12.0. The zero-order valence-corrected chi connectivity index (χ0v) is 14.8. The third-order valence-corrected chi connectivity index (χ3v) is 5.57. The molecule has 1 heterocycles. The lowest BCUT2D eigenvalue weighted by atomic mass is 9.93. The number of benzene rings is 2. The normalized spacial score (nSPS) is 16.8. The van der Waals surface area contributed by atoms with Crippen molar-refractivity contribution in [1.82, 2.24) is 0 Å². The molecule has 0 fully saturated rings. The average Bonchev–Trinajstić information content (AvgIpc) is 2.59. The van der Waals surface area contributed by atoms with Crippen LogP contribution >= 0.6 is 0 Å². The van der Waals surface area contributed by atoms with Gasteiger partial charge in [0.1, 0.15) is 11.7 Å². The number of hydrogen-bond donors (Lipinski definition) is 1. The molecule has 0 bridgehead atoms. The van der Waals surface area contributed by atoms with Crippen LogP contribution in [0.3, 0.4) is 0 Å². The summed E-state index contributed by atoms with van der Waals surface area (Å²) >= 11 is 0. The van der Waals surface area contributed by atoms with Crippen LogP contribution in [0.4, 0.5) is 11.4 Å². The Hall–Kier alpha value is -2.94. The summed E-state index contributed by atoms with van der Waals surface area (Å²) in [7, 11) is -3.60. The number of carbonyl (C=O) groups is 1. The second-order valence-electron chi connectivity index (χ2n) is 6.20. The Morgan fingerprint density at radius 2 is 1.88 bits per heavy atom. The minimum Gasteiger partial charge on any atom is -0.368 e. The summed E-state index contributed by atoms with van der Waals surface area (Å²) in [5.41, 5.74) is 7.22. The average molecular weight is 375 g/mol. The Balaban J connectivity index is 2.14. The van der Waals surface area contributed by atoms with E-state index < -0.39 is 26.7 Å². The number of nitrogens with two attached hydrogens (primary N) is 1. The van der Waals surface area contributed by atoms with Crippen molar-refractivity contribution >= 4 is 27.1 Å². The Morgan fingerprint density at radius 3 is 2.46 bits per heavy atom. The van der Waals surface area contributed by atoms with Gasteiger partial charge in [0, 0.05) is 25.3 Å². The number of rotatable bonds is 4. The molecule has 3 rings (SSSR count).